The van der Waals surface area contributed by atoms with Gasteiger partial charge >= 0.3 is 0 Å². The highest BCUT2D eigenvalue weighted by Crippen LogP contribution is 2.35. The van der Waals surface area contributed by atoms with E-state index < -0.39 is 0 Å². The molecular weight excluding hydrogens is 318 g/mol. The van der Waals surface area contributed by atoms with Crippen LogP contribution >= 0.6 is 0 Å². The van der Waals surface area contributed by atoms with Crippen molar-refractivity contribution in [3.63, 3.8) is 0 Å². The molecule has 2 aromatic rings. The van der Waals surface area contributed by atoms with Gasteiger partial charge in [0.15, 0.2) is 0 Å². The van der Waals surface area contributed by atoms with E-state index in [1.165, 1.54) is 4.90 Å². The van der Waals surface area contributed by atoms with Crippen LogP contribution in [-0.2, 0) is 4.74 Å². The minimum atomic E-state index is -0.242. The molecule has 1 aliphatic heterocycles. The highest BCUT2D eigenvalue weighted by molar-refractivity contribution is 6.26. The van der Waals surface area contributed by atoms with Crippen LogP contribution in [0.3, 0.4) is 0 Å². The maximum atomic E-state index is 12.8. The van der Waals surface area contributed by atoms with Crippen LogP contribution in [0.25, 0.3) is 10.8 Å². The summed E-state index contributed by atoms with van der Waals surface area (Å²) in [5.74, 6) is -0.485. The average molecular weight is 341 g/mol. The van der Waals surface area contributed by atoms with Gasteiger partial charge in [0.05, 0.1) is 6.61 Å². The second-order valence-corrected chi connectivity index (χ2v) is 6.18. The second kappa shape index (κ2) is 7.21. The van der Waals surface area contributed by atoms with Crippen LogP contribution < -0.4 is 10.6 Å². The Labute approximate surface area is 147 Å². The van der Waals surface area contributed by atoms with E-state index in [4.69, 9.17) is 10.5 Å². The van der Waals surface area contributed by atoms with Crippen molar-refractivity contribution < 1.29 is 14.3 Å². The molecule has 0 atom stereocenters. The van der Waals surface area contributed by atoms with Gasteiger partial charge in [-0.15, -0.1) is 0 Å². The smallest absolute Gasteiger partial charge is 0.261 e. The molecule has 2 aromatic carbocycles. The number of rotatable bonds is 7. The zero-order valence-corrected chi connectivity index (χ0v) is 14.6. The largest absolute Gasteiger partial charge is 0.383 e. The number of amides is 2. The first-order valence-electron chi connectivity index (χ1n) is 8.42. The van der Waals surface area contributed by atoms with Crippen LogP contribution in [0.15, 0.2) is 30.3 Å². The van der Waals surface area contributed by atoms with Crippen molar-refractivity contribution in [3.8, 4) is 0 Å². The third-order valence-corrected chi connectivity index (χ3v) is 4.60. The number of carbonyl (C=O) groups excluding carboxylic acids is 2. The zero-order chi connectivity index (χ0) is 18.0. The normalized spacial score (nSPS) is 13.6. The summed E-state index contributed by atoms with van der Waals surface area (Å²) < 4.78 is 5.14. The number of hydrogen-bond acceptors (Lipinski definition) is 5. The maximum absolute atomic E-state index is 12.8. The Hall–Kier alpha value is -2.44. The quantitative estimate of drug-likeness (QED) is 0.778. The highest BCUT2D eigenvalue weighted by atomic mass is 16.5. The standard InChI is InChI=1S/C19H23N3O3/c1-21(11-12-25-2)16-8-7-15-17-13(16)5-3-6-14(17)18(23)22(19(15)24)10-4-9-20/h3,5-8H,4,9-12,20H2,1-2H3. The molecule has 0 aliphatic carbocycles. The number of anilines is 1. The van der Waals surface area contributed by atoms with Gasteiger partial charge in [-0.3, -0.25) is 14.5 Å². The van der Waals surface area contributed by atoms with E-state index in [2.05, 4.69) is 4.90 Å². The number of methoxy groups -OCH3 is 1. The Morgan fingerprint density at radius 3 is 2.52 bits per heavy atom. The molecule has 6 nitrogen and oxygen atoms in total. The van der Waals surface area contributed by atoms with Crippen molar-refractivity contribution >= 4 is 28.3 Å². The molecule has 132 valence electrons. The number of imide groups is 1. The van der Waals surface area contributed by atoms with E-state index in [-0.39, 0.29) is 11.8 Å². The lowest BCUT2D eigenvalue weighted by molar-refractivity contribution is 0.0610. The van der Waals surface area contributed by atoms with Crippen molar-refractivity contribution in [3.05, 3.63) is 41.5 Å². The Balaban J connectivity index is 2.11. The van der Waals surface area contributed by atoms with Gasteiger partial charge in [-0.05, 0) is 31.2 Å². The summed E-state index contributed by atoms with van der Waals surface area (Å²) in [5.41, 5.74) is 7.67. The predicted molar refractivity (Wildman–Crippen MR) is 98.1 cm³/mol. The van der Waals surface area contributed by atoms with Gasteiger partial charge < -0.3 is 15.4 Å². The first-order valence-corrected chi connectivity index (χ1v) is 8.42. The van der Waals surface area contributed by atoms with Gasteiger partial charge in [-0.1, -0.05) is 12.1 Å². The monoisotopic (exact) mass is 341 g/mol. The van der Waals surface area contributed by atoms with E-state index >= 15 is 0 Å². The molecule has 0 spiro atoms. The maximum Gasteiger partial charge on any atom is 0.261 e. The number of nitrogens with zero attached hydrogens (tertiary/aromatic N) is 2. The topological polar surface area (TPSA) is 75.9 Å². The molecule has 1 aliphatic rings. The summed E-state index contributed by atoms with van der Waals surface area (Å²) in [7, 11) is 3.64. The zero-order valence-electron chi connectivity index (χ0n) is 14.6. The highest BCUT2D eigenvalue weighted by Gasteiger charge is 2.33. The Bertz CT molecular complexity index is 797. The third-order valence-electron chi connectivity index (χ3n) is 4.60. The van der Waals surface area contributed by atoms with Crippen molar-refractivity contribution in [2.45, 2.75) is 6.42 Å². The predicted octanol–water partition coefficient (Wildman–Crippen LogP) is 1.87. The molecule has 0 aromatic heterocycles. The minimum absolute atomic E-state index is 0.242. The number of ether oxygens (including phenoxy) is 1. The number of likely N-dealkylation sites (N-methyl/N-ethyl adjacent to an activating group) is 1. The Morgan fingerprint density at radius 2 is 1.84 bits per heavy atom. The van der Waals surface area contributed by atoms with Crippen molar-refractivity contribution in [1.29, 1.82) is 0 Å². The molecule has 0 saturated carbocycles. The molecule has 2 amide bonds. The molecule has 25 heavy (non-hydrogen) atoms. The van der Waals surface area contributed by atoms with Gasteiger partial charge in [-0.2, -0.15) is 0 Å². The minimum Gasteiger partial charge on any atom is -0.383 e. The van der Waals surface area contributed by atoms with Crippen molar-refractivity contribution in [2.24, 2.45) is 5.73 Å². The summed E-state index contributed by atoms with van der Waals surface area (Å²) in [5, 5.41) is 1.65. The van der Waals surface area contributed by atoms with Crippen LogP contribution in [0.2, 0.25) is 0 Å². The summed E-state index contributed by atoms with van der Waals surface area (Å²) in [6.07, 6.45) is 0.598. The van der Waals surface area contributed by atoms with Gasteiger partial charge in [0, 0.05) is 54.8 Å². The van der Waals surface area contributed by atoms with E-state index in [1.807, 2.05) is 31.3 Å². The van der Waals surface area contributed by atoms with Gasteiger partial charge in [0.1, 0.15) is 0 Å². The van der Waals surface area contributed by atoms with Gasteiger partial charge in [-0.25, -0.2) is 0 Å². The number of nitrogens with two attached hydrogens (primary N) is 1. The Morgan fingerprint density at radius 1 is 1.12 bits per heavy atom. The fourth-order valence-electron chi connectivity index (χ4n) is 3.26. The molecular formula is C19H23N3O3. The molecule has 6 heteroatoms. The number of benzene rings is 2. The van der Waals surface area contributed by atoms with Crippen LogP contribution in [0.5, 0.6) is 0 Å². The lowest BCUT2D eigenvalue weighted by Gasteiger charge is -2.29. The summed E-state index contributed by atoms with van der Waals surface area (Å²) in [4.78, 5) is 29.0. The number of hydrogen-bond donors (Lipinski definition) is 1. The lowest BCUT2D eigenvalue weighted by Crippen LogP contribution is -2.41. The van der Waals surface area contributed by atoms with E-state index in [0.29, 0.717) is 37.2 Å². The van der Waals surface area contributed by atoms with Crippen molar-refractivity contribution in [2.75, 3.05) is 45.3 Å². The second-order valence-electron chi connectivity index (χ2n) is 6.18. The molecule has 0 saturated heterocycles. The summed E-state index contributed by atoms with van der Waals surface area (Å²) >= 11 is 0. The van der Waals surface area contributed by atoms with Gasteiger partial charge in [0.2, 0.25) is 0 Å². The summed E-state index contributed by atoms with van der Waals surface area (Å²) in [6.45, 7) is 2.11. The first kappa shape index (κ1) is 17.4. The van der Waals surface area contributed by atoms with E-state index in [1.54, 1.807) is 13.2 Å². The molecule has 2 N–H and O–H groups in total. The average Bonchev–Trinajstić information content (AvgIpc) is 2.63. The molecule has 0 bridgehead atoms. The molecule has 0 fully saturated rings. The SMILES string of the molecule is COCCN(C)c1ccc2c3c(cccc13)C(=O)N(CCCN)C2=O. The van der Waals surface area contributed by atoms with E-state index in [0.717, 1.165) is 23.0 Å². The van der Waals surface area contributed by atoms with Gasteiger partial charge in [0.25, 0.3) is 11.8 Å². The first-order chi connectivity index (χ1) is 12.1. The fourth-order valence-corrected chi connectivity index (χ4v) is 3.26. The Kier molecular flexibility index (Phi) is 5.01. The molecule has 0 unspecified atom stereocenters. The van der Waals surface area contributed by atoms with E-state index in [9.17, 15) is 9.59 Å². The molecule has 0 radical (unpaired) electrons. The fraction of sp³-hybridized carbons (Fsp3) is 0.368. The molecule has 1 heterocycles. The van der Waals surface area contributed by atoms with Crippen molar-refractivity contribution in [1.82, 2.24) is 4.90 Å². The number of carbonyl (C=O) groups is 2. The van der Waals surface area contributed by atoms with Crippen LogP contribution in [0, 0.1) is 0 Å². The third kappa shape index (κ3) is 2.99. The summed E-state index contributed by atoms with van der Waals surface area (Å²) in [6, 6.07) is 9.36. The molecule has 3 rings (SSSR count). The lowest BCUT2D eigenvalue weighted by atomic mass is 9.92. The van der Waals surface area contributed by atoms with Crippen LogP contribution in [-0.4, -0.2) is 57.1 Å². The van der Waals surface area contributed by atoms with Crippen LogP contribution in [0.1, 0.15) is 27.1 Å². The van der Waals surface area contributed by atoms with Crippen LogP contribution in [0.4, 0.5) is 5.69 Å².